The van der Waals surface area contributed by atoms with E-state index >= 15 is 0 Å². The smallest absolute Gasteiger partial charge is 0.332 e. The van der Waals surface area contributed by atoms with Crippen molar-refractivity contribution in [2.75, 3.05) is 6.54 Å². The summed E-state index contributed by atoms with van der Waals surface area (Å²) < 4.78 is 23.9. The zero-order chi connectivity index (χ0) is 34.1. The molecule has 11 nitrogen and oxygen atoms in total. The zero-order valence-corrected chi connectivity index (χ0v) is 28.4. The first-order valence-electron chi connectivity index (χ1n) is 15.7. The van der Waals surface area contributed by atoms with Crippen LogP contribution in [0.25, 0.3) is 39.0 Å². The zero-order valence-electron chi connectivity index (χ0n) is 26.9. The van der Waals surface area contributed by atoms with Gasteiger partial charge in [0.2, 0.25) is 0 Å². The van der Waals surface area contributed by atoms with E-state index in [1.54, 1.807) is 68.0 Å². The first kappa shape index (κ1) is 30.6. The van der Waals surface area contributed by atoms with Gasteiger partial charge in [0.05, 0.1) is 41.4 Å². The maximum Gasteiger partial charge on any atom is 0.338 e. The van der Waals surface area contributed by atoms with Gasteiger partial charge < -0.3 is 9.47 Å². The normalized spacial score (nSPS) is 12.9. The summed E-state index contributed by atoms with van der Waals surface area (Å²) in [4.78, 5) is 30.2. The monoisotopic (exact) mass is 717 g/mol. The van der Waals surface area contributed by atoms with Crippen molar-refractivity contribution in [3.05, 3.63) is 122 Å². The van der Waals surface area contributed by atoms with E-state index in [-0.39, 0.29) is 30.5 Å². The van der Waals surface area contributed by atoms with E-state index in [2.05, 4.69) is 27.1 Å². The quantitative estimate of drug-likeness (QED) is 0.220. The fourth-order valence-corrected chi connectivity index (χ4v) is 7.24. The van der Waals surface area contributed by atoms with Crippen LogP contribution in [0.1, 0.15) is 32.9 Å². The third-order valence-corrected chi connectivity index (χ3v) is 9.78. The first-order chi connectivity index (χ1) is 23.6. The number of carbonyl (C=O) groups excluding carboxylic acids is 1. The summed E-state index contributed by atoms with van der Waals surface area (Å²) in [7, 11) is 1.87. The summed E-state index contributed by atoms with van der Waals surface area (Å²) in [6.45, 7) is 3.99. The number of nitrogens with zero attached hydrogens (tertiary/aromatic N) is 9. The molecule has 0 saturated carbocycles. The molecule has 244 valence electrons. The van der Waals surface area contributed by atoms with Gasteiger partial charge in [-0.1, -0.05) is 15.9 Å². The van der Waals surface area contributed by atoms with Crippen LogP contribution in [0.2, 0.25) is 0 Å². The Hall–Kier alpha value is -5.74. The molecule has 1 aliphatic heterocycles. The standard InChI is InChI=1S/C36H29BrFN9O2/c1-21-14-27(15-22(2)33(21)38)47-34(46-13-12-44(36(46)49)26-5-7-30-24(17-26)19-40-42(30)3)28-20-43(10-8-29(28)41-47)35(48)32-18-23-16-25(37)4-6-31(23)45(32)11-9-39/h4-7,12-19H,8,10-11,20H2,1-3H3. The number of rotatable bonds is 5. The number of fused-ring (bicyclic) bond motifs is 3. The predicted octanol–water partition coefficient (Wildman–Crippen LogP) is 5.90. The number of hydrogen-bond acceptors (Lipinski definition) is 5. The number of nitriles is 1. The van der Waals surface area contributed by atoms with E-state index in [1.807, 2.05) is 49.5 Å². The maximum absolute atomic E-state index is 14.8. The van der Waals surface area contributed by atoms with Crippen LogP contribution in [0.4, 0.5) is 4.39 Å². The number of benzene rings is 3. The molecule has 0 aliphatic carbocycles. The average molecular weight is 719 g/mol. The lowest BCUT2D eigenvalue weighted by atomic mass is 10.1. The molecule has 0 unspecified atom stereocenters. The lowest BCUT2D eigenvalue weighted by Crippen LogP contribution is -2.37. The molecule has 13 heteroatoms. The van der Waals surface area contributed by atoms with Gasteiger partial charge in [-0.25, -0.2) is 13.9 Å². The Labute approximate surface area is 287 Å². The highest BCUT2D eigenvalue weighted by molar-refractivity contribution is 9.10. The minimum atomic E-state index is -0.328. The maximum atomic E-state index is 14.8. The van der Waals surface area contributed by atoms with Gasteiger partial charge in [0.25, 0.3) is 5.91 Å². The molecule has 4 aromatic heterocycles. The fourth-order valence-electron chi connectivity index (χ4n) is 6.86. The van der Waals surface area contributed by atoms with Crippen LogP contribution < -0.4 is 5.69 Å². The molecule has 5 heterocycles. The number of carbonyl (C=O) groups is 1. The lowest BCUT2D eigenvalue weighted by Gasteiger charge is -2.27. The van der Waals surface area contributed by atoms with Crippen molar-refractivity contribution in [1.82, 2.24) is 38.2 Å². The molecule has 7 aromatic rings. The summed E-state index contributed by atoms with van der Waals surface area (Å²) in [5, 5.41) is 20.6. The summed E-state index contributed by atoms with van der Waals surface area (Å²) in [6.07, 6.45) is 5.59. The highest BCUT2D eigenvalue weighted by Gasteiger charge is 2.32. The van der Waals surface area contributed by atoms with Crippen molar-refractivity contribution < 1.29 is 9.18 Å². The molecule has 3 aromatic carbocycles. The van der Waals surface area contributed by atoms with Crippen LogP contribution in [0.3, 0.4) is 0 Å². The molecule has 1 aliphatic rings. The average Bonchev–Trinajstić information content (AvgIpc) is 3.85. The van der Waals surface area contributed by atoms with Crippen LogP contribution in [0.5, 0.6) is 0 Å². The molecule has 0 bridgehead atoms. The minimum absolute atomic E-state index is 0.0193. The molecule has 0 atom stereocenters. The number of aromatic nitrogens is 7. The molecule has 1 amide bonds. The second-order valence-electron chi connectivity index (χ2n) is 12.3. The number of aryl methyl sites for hydroxylation is 3. The topological polar surface area (TPSA) is 112 Å². The first-order valence-corrected chi connectivity index (χ1v) is 16.5. The van der Waals surface area contributed by atoms with Crippen LogP contribution in [0.15, 0.2) is 82.5 Å². The van der Waals surface area contributed by atoms with E-state index in [1.165, 1.54) is 4.57 Å². The number of halogens is 2. The molecule has 0 saturated heterocycles. The third-order valence-electron chi connectivity index (χ3n) is 9.28. The SMILES string of the molecule is Cc1cc(-n2nc3c(c2-n2ccn(-c4ccc5c(cnn5C)c4)c2=O)CN(C(=O)c2cc4cc(Br)ccc4n2CC#N)CC3)cc(C)c1F. The van der Waals surface area contributed by atoms with Gasteiger partial charge in [-0.15, -0.1) is 0 Å². The molecular formula is C36H29BrFN9O2. The van der Waals surface area contributed by atoms with Crippen molar-refractivity contribution in [3.8, 4) is 23.3 Å². The van der Waals surface area contributed by atoms with E-state index in [9.17, 15) is 19.2 Å². The van der Waals surface area contributed by atoms with Crippen molar-refractivity contribution >= 4 is 43.6 Å². The van der Waals surface area contributed by atoms with Crippen molar-refractivity contribution in [3.63, 3.8) is 0 Å². The number of imidazole rings is 1. The van der Waals surface area contributed by atoms with Gasteiger partial charge in [0.1, 0.15) is 23.9 Å². The molecule has 0 N–H and O–H groups in total. The Morgan fingerprint density at radius 1 is 0.980 bits per heavy atom. The summed E-state index contributed by atoms with van der Waals surface area (Å²) in [5.74, 6) is -0.0476. The number of hydrogen-bond donors (Lipinski definition) is 0. The van der Waals surface area contributed by atoms with E-state index in [0.29, 0.717) is 52.5 Å². The van der Waals surface area contributed by atoms with Crippen molar-refractivity contribution in [2.24, 2.45) is 7.05 Å². The molecule has 0 radical (unpaired) electrons. The number of amides is 1. The highest BCUT2D eigenvalue weighted by Crippen LogP contribution is 2.31. The summed E-state index contributed by atoms with van der Waals surface area (Å²) in [5.41, 5.74) is 5.47. The Morgan fingerprint density at radius 3 is 2.51 bits per heavy atom. The molecule has 0 spiro atoms. The van der Waals surface area contributed by atoms with Crippen molar-refractivity contribution in [1.29, 1.82) is 5.26 Å². The molecular weight excluding hydrogens is 689 g/mol. The van der Waals surface area contributed by atoms with Gasteiger partial charge in [-0.05, 0) is 79.6 Å². The fraction of sp³-hybridized carbons (Fsp3) is 0.194. The van der Waals surface area contributed by atoms with Crippen LogP contribution in [-0.2, 0) is 26.6 Å². The van der Waals surface area contributed by atoms with E-state index in [4.69, 9.17) is 5.10 Å². The largest absolute Gasteiger partial charge is 0.338 e. The second kappa shape index (κ2) is 11.5. The Balaban J connectivity index is 1.26. The van der Waals surface area contributed by atoms with Gasteiger partial charge in [-0.3, -0.25) is 18.6 Å². The molecule has 0 fully saturated rings. The summed E-state index contributed by atoms with van der Waals surface area (Å²) >= 11 is 3.50. The van der Waals surface area contributed by atoms with Gasteiger partial charge in [0, 0.05) is 58.7 Å². The van der Waals surface area contributed by atoms with Gasteiger partial charge in [-0.2, -0.15) is 15.5 Å². The van der Waals surface area contributed by atoms with Crippen molar-refractivity contribution in [2.45, 2.75) is 33.4 Å². The predicted molar refractivity (Wildman–Crippen MR) is 186 cm³/mol. The minimum Gasteiger partial charge on any atom is -0.332 e. The third kappa shape index (κ3) is 4.90. The summed E-state index contributed by atoms with van der Waals surface area (Å²) in [6, 6.07) is 18.8. The Morgan fingerprint density at radius 2 is 1.73 bits per heavy atom. The Bertz CT molecular complexity index is 2570. The Kier molecular flexibility index (Phi) is 7.15. The lowest BCUT2D eigenvalue weighted by molar-refractivity contribution is 0.0724. The molecule has 8 rings (SSSR count). The van der Waals surface area contributed by atoms with Crippen LogP contribution in [-0.4, -0.2) is 50.6 Å². The van der Waals surface area contributed by atoms with Gasteiger partial charge in [0.15, 0.2) is 0 Å². The van der Waals surface area contributed by atoms with Crippen LogP contribution >= 0.6 is 15.9 Å². The second-order valence-corrected chi connectivity index (χ2v) is 13.3. The highest BCUT2D eigenvalue weighted by atomic mass is 79.9. The van der Waals surface area contributed by atoms with Gasteiger partial charge >= 0.3 is 5.69 Å². The van der Waals surface area contributed by atoms with Crippen LogP contribution in [0, 0.1) is 31.0 Å². The molecule has 49 heavy (non-hydrogen) atoms. The van der Waals surface area contributed by atoms with E-state index < -0.39 is 0 Å². The van der Waals surface area contributed by atoms with E-state index in [0.717, 1.165) is 32.0 Å².